The number of carboxylic acids is 1. The third-order valence-electron chi connectivity index (χ3n) is 3.51. The lowest BCUT2D eigenvalue weighted by atomic mass is 10.0. The minimum atomic E-state index is -1.03. The van der Waals surface area contributed by atoms with Gasteiger partial charge in [0.15, 0.2) is 0 Å². The van der Waals surface area contributed by atoms with Crippen molar-refractivity contribution in [2.75, 3.05) is 0 Å². The number of carbonyl (C=O) groups is 2. The maximum absolute atomic E-state index is 12.4. The first-order valence-electron chi connectivity index (χ1n) is 7.04. The zero-order valence-electron chi connectivity index (χ0n) is 12.8. The molecule has 0 aliphatic carbocycles. The van der Waals surface area contributed by atoms with Crippen LogP contribution in [0, 0.1) is 13.8 Å². The summed E-state index contributed by atoms with van der Waals surface area (Å²) in [5, 5.41) is 11.8. The van der Waals surface area contributed by atoms with Crippen LogP contribution in [0.3, 0.4) is 0 Å². The molecule has 1 amide bonds. The zero-order chi connectivity index (χ0) is 16.3. The fourth-order valence-electron chi connectivity index (χ4n) is 2.28. The Kier molecular flexibility index (Phi) is 4.65. The molecule has 116 valence electrons. The standard InChI is InChI=1S/C17H19NO4/c1-10-4-6-13(7-5-10)12(3)18-17(21)16-11(2)9-22-14(16)8-15(19)20/h4-7,9,12H,8H2,1-3H3,(H,18,21)(H,19,20). The molecule has 1 aromatic heterocycles. The Hall–Kier alpha value is -2.56. The van der Waals surface area contributed by atoms with Gasteiger partial charge in [-0.3, -0.25) is 9.59 Å². The molecule has 1 heterocycles. The van der Waals surface area contributed by atoms with Crippen LogP contribution < -0.4 is 5.32 Å². The lowest BCUT2D eigenvalue weighted by Crippen LogP contribution is -2.28. The van der Waals surface area contributed by atoms with E-state index in [4.69, 9.17) is 9.52 Å². The van der Waals surface area contributed by atoms with Gasteiger partial charge < -0.3 is 14.8 Å². The van der Waals surface area contributed by atoms with E-state index in [2.05, 4.69) is 5.32 Å². The number of carbonyl (C=O) groups excluding carboxylic acids is 1. The molecule has 2 rings (SSSR count). The van der Waals surface area contributed by atoms with Crippen LogP contribution in [0.25, 0.3) is 0 Å². The van der Waals surface area contributed by atoms with Gasteiger partial charge in [-0.2, -0.15) is 0 Å². The van der Waals surface area contributed by atoms with Crippen LogP contribution in [0.1, 0.15) is 45.8 Å². The Labute approximate surface area is 129 Å². The first-order valence-corrected chi connectivity index (χ1v) is 7.04. The van der Waals surface area contributed by atoms with Gasteiger partial charge in [0.05, 0.1) is 17.9 Å². The van der Waals surface area contributed by atoms with Crippen LogP contribution in [0.4, 0.5) is 0 Å². The number of aryl methyl sites for hydroxylation is 2. The Morgan fingerprint density at radius 1 is 1.23 bits per heavy atom. The molecule has 0 aliphatic heterocycles. The molecule has 0 saturated carbocycles. The van der Waals surface area contributed by atoms with Gasteiger partial charge in [-0.1, -0.05) is 29.8 Å². The highest BCUT2D eigenvalue weighted by molar-refractivity contribution is 5.97. The SMILES string of the molecule is Cc1ccc(C(C)NC(=O)c2c(C)coc2CC(=O)O)cc1. The van der Waals surface area contributed by atoms with E-state index >= 15 is 0 Å². The van der Waals surface area contributed by atoms with Crippen molar-refractivity contribution in [2.24, 2.45) is 0 Å². The van der Waals surface area contributed by atoms with Gasteiger partial charge in [-0.15, -0.1) is 0 Å². The number of benzene rings is 1. The lowest BCUT2D eigenvalue weighted by Gasteiger charge is -2.15. The maximum Gasteiger partial charge on any atom is 0.311 e. The van der Waals surface area contributed by atoms with E-state index in [0.717, 1.165) is 11.1 Å². The smallest absolute Gasteiger partial charge is 0.311 e. The summed E-state index contributed by atoms with van der Waals surface area (Å²) in [5.74, 6) is -1.18. The summed E-state index contributed by atoms with van der Waals surface area (Å²) >= 11 is 0. The highest BCUT2D eigenvalue weighted by atomic mass is 16.4. The van der Waals surface area contributed by atoms with Gasteiger partial charge in [0.1, 0.15) is 12.2 Å². The number of furan rings is 1. The van der Waals surface area contributed by atoms with Crippen LogP contribution in [-0.2, 0) is 11.2 Å². The Bertz CT molecular complexity index is 685. The van der Waals surface area contributed by atoms with Crippen LogP contribution in [0.15, 0.2) is 34.9 Å². The number of nitrogens with one attached hydrogen (secondary N) is 1. The predicted octanol–water partition coefficient (Wildman–Crippen LogP) is 3.01. The van der Waals surface area contributed by atoms with E-state index in [-0.39, 0.29) is 24.1 Å². The minimum absolute atomic E-state index is 0.179. The third kappa shape index (κ3) is 3.55. The second-order valence-corrected chi connectivity index (χ2v) is 5.39. The predicted molar refractivity (Wildman–Crippen MR) is 81.8 cm³/mol. The third-order valence-corrected chi connectivity index (χ3v) is 3.51. The molecular formula is C17H19NO4. The molecule has 1 atom stereocenters. The van der Waals surface area contributed by atoms with Crippen molar-refractivity contribution in [1.82, 2.24) is 5.32 Å². The van der Waals surface area contributed by atoms with Crippen molar-refractivity contribution < 1.29 is 19.1 Å². The Morgan fingerprint density at radius 2 is 1.86 bits per heavy atom. The quantitative estimate of drug-likeness (QED) is 0.889. The van der Waals surface area contributed by atoms with Gasteiger partial charge in [-0.25, -0.2) is 0 Å². The monoisotopic (exact) mass is 301 g/mol. The molecular weight excluding hydrogens is 282 g/mol. The summed E-state index contributed by atoms with van der Waals surface area (Å²) in [5.41, 5.74) is 3.07. The van der Waals surface area contributed by atoms with Gasteiger partial charge in [0.25, 0.3) is 5.91 Å². The lowest BCUT2D eigenvalue weighted by molar-refractivity contribution is -0.136. The van der Waals surface area contributed by atoms with E-state index in [1.807, 2.05) is 38.1 Å². The van der Waals surface area contributed by atoms with E-state index in [9.17, 15) is 9.59 Å². The van der Waals surface area contributed by atoms with Crippen molar-refractivity contribution >= 4 is 11.9 Å². The second kappa shape index (κ2) is 6.47. The molecule has 2 N–H and O–H groups in total. The summed E-state index contributed by atoms with van der Waals surface area (Å²) in [7, 11) is 0. The van der Waals surface area contributed by atoms with Crippen molar-refractivity contribution in [3.63, 3.8) is 0 Å². The molecule has 0 aliphatic rings. The minimum Gasteiger partial charge on any atom is -0.481 e. The molecule has 22 heavy (non-hydrogen) atoms. The van der Waals surface area contributed by atoms with Crippen LogP contribution in [0.5, 0.6) is 0 Å². The first-order chi connectivity index (χ1) is 10.4. The molecule has 1 unspecified atom stereocenters. The molecule has 0 saturated heterocycles. The highest BCUT2D eigenvalue weighted by Crippen LogP contribution is 2.20. The molecule has 0 radical (unpaired) electrons. The fraction of sp³-hybridized carbons (Fsp3) is 0.294. The largest absolute Gasteiger partial charge is 0.481 e. The van der Waals surface area contributed by atoms with Crippen LogP contribution >= 0.6 is 0 Å². The summed E-state index contributed by atoms with van der Waals surface area (Å²) in [4.78, 5) is 23.3. The highest BCUT2D eigenvalue weighted by Gasteiger charge is 2.21. The molecule has 0 bridgehead atoms. The zero-order valence-corrected chi connectivity index (χ0v) is 12.8. The van der Waals surface area contributed by atoms with Gasteiger partial charge in [-0.05, 0) is 26.3 Å². The second-order valence-electron chi connectivity index (χ2n) is 5.39. The van der Waals surface area contributed by atoms with Crippen molar-refractivity contribution in [1.29, 1.82) is 0 Å². The van der Waals surface area contributed by atoms with Gasteiger partial charge in [0, 0.05) is 5.56 Å². The molecule has 0 fully saturated rings. The first kappa shape index (κ1) is 15.8. The van der Waals surface area contributed by atoms with Crippen molar-refractivity contribution in [2.45, 2.75) is 33.2 Å². The van der Waals surface area contributed by atoms with Crippen LogP contribution in [0.2, 0.25) is 0 Å². The molecule has 1 aromatic carbocycles. The van der Waals surface area contributed by atoms with Gasteiger partial charge in [0.2, 0.25) is 0 Å². The number of amides is 1. The summed E-state index contributed by atoms with van der Waals surface area (Å²) < 4.78 is 5.19. The van der Waals surface area contributed by atoms with Gasteiger partial charge >= 0.3 is 5.97 Å². The topological polar surface area (TPSA) is 79.5 Å². The molecule has 0 spiro atoms. The number of rotatable bonds is 5. The van der Waals surface area contributed by atoms with Crippen LogP contribution in [-0.4, -0.2) is 17.0 Å². The fourth-order valence-corrected chi connectivity index (χ4v) is 2.28. The Morgan fingerprint density at radius 3 is 2.45 bits per heavy atom. The van der Waals surface area contributed by atoms with E-state index in [1.54, 1.807) is 6.92 Å². The molecule has 2 aromatic rings. The summed E-state index contributed by atoms with van der Waals surface area (Å²) in [6.07, 6.45) is 1.10. The van der Waals surface area contributed by atoms with E-state index < -0.39 is 5.97 Å². The summed E-state index contributed by atoms with van der Waals surface area (Å²) in [6.45, 7) is 5.61. The number of aliphatic carboxylic acids is 1. The molecule has 5 nitrogen and oxygen atoms in total. The van der Waals surface area contributed by atoms with Crippen molar-refractivity contribution in [3.8, 4) is 0 Å². The normalized spacial score (nSPS) is 12.0. The number of hydrogen-bond donors (Lipinski definition) is 2. The maximum atomic E-state index is 12.4. The van der Waals surface area contributed by atoms with E-state index in [0.29, 0.717) is 11.1 Å². The average Bonchev–Trinajstić information content (AvgIpc) is 2.79. The molecule has 5 heteroatoms. The van der Waals surface area contributed by atoms with E-state index in [1.165, 1.54) is 6.26 Å². The van der Waals surface area contributed by atoms with Crippen molar-refractivity contribution in [3.05, 3.63) is 58.5 Å². The Balaban J connectivity index is 2.16. The number of carboxylic acid groups (broad SMARTS) is 1. The number of hydrogen-bond acceptors (Lipinski definition) is 3. The summed E-state index contributed by atoms with van der Waals surface area (Å²) in [6, 6.07) is 7.70. The average molecular weight is 301 g/mol.